The van der Waals surface area contributed by atoms with Crippen LogP contribution in [0.1, 0.15) is 44.9 Å². The number of hydrogen-bond donors (Lipinski definition) is 3. The van der Waals surface area contributed by atoms with Crippen LogP contribution in [0.15, 0.2) is 0 Å². The molecule has 0 radical (unpaired) electrons. The quantitative estimate of drug-likeness (QED) is 0.469. The van der Waals surface area contributed by atoms with Crippen LogP contribution >= 0.6 is 0 Å². The number of hydrogen-bond acceptors (Lipinski definition) is 3. The fourth-order valence-corrected chi connectivity index (χ4v) is 1.37. The number of carboxylic acids is 2. The van der Waals surface area contributed by atoms with Gasteiger partial charge in [-0.2, -0.15) is 0 Å². The summed E-state index contributed by atoms with van der Waals surface area (Å²) in [6.07, 6.45) is 4.87. The van der Waals surface area contributed by atoms with E-state index in [0.29, 0.717) is 6.42 Å². The number of carbonyl (C=O) groups is 2. The Labute approximate surface area is 95.9 Å². The third-order valence-corrected chi connectivity index (χ3v) is 2.24. The first-order valence-corrected chi connectivity index (χ1v) is 5.77. The molecule has 0 aromatic rings. The molecule has 3 N–H and O–H groups in total. The Kier molecular flexibility index (Phi) is 9.70. The third kappa shape index (κ3) is 12.9. The molecular weight excluding hydrogens is 210 g/mol. The van der Waals surface area contributed by atoms with Gasteiger partial charge in [-0.25, -0.2) is 0 Å². The molecule has 5 heteroatoms. The highest BCUT2D eigenvalue weighted by Gasteiger charge is 1.97. The minimum atomic E-state index is -0.754. The highest BCUT2D eigenvalue weighted by Crippen LogP contribution is 2.02. The molecule has 0 amide bonds. The minimum Gasteiger partial charge on any atom is -0.481 e. The topological polar surface area (TPSA) is 86.6 Å². The molecule has 0 heterocycles. The van der Waals surface area contributed by atoms with Crippen LogP contribution in [0, 0.1) is 0 Å². The van der Waals surface area contributed by atoms with Crippen molar-refractivity contribution in [3.63, 3.8) is 0 Å². The van der Waals surface area contributed by atoms with Crippen LogP contribution in [-0.2, 0) is 9.59 Å². The van der Waals surface area contributed by atoms with Gasteiger partial charge in [0, 0.05) is 12.8 Å². The van der Waals surface area contributed by atoms with Gasteiger partial charge in [0.05, 0.1) is 0 Å². The lowest BCUT2D eigenvalue weighted by Crippen LogP contribution is -2.17. The van der Waals surface area contributed by atoms with Gasteiger partial charge in [-0.05, 0) is 32.4 Å². The van der Waals surface area contributed by atoms with E-state index in [0.717, 1.165) is 38.8 Å². The summed E-state index contributed by atoms with van der Waals surface area (Å²) in [6, 6.07) is 0. The zero-order chi connectivity index (χ0) is 12.2. The Morgan fingerprint density at radius 2 is 1.25 bits per heavy atom. The predicted octanol–water partition coefficient (Wildman–Crippen LogP) is 1.48. The third-order valence-electron chi connectivity index (χ3n) is 2.24. The standard InChI is InChI=1S/C11H21NO4/c13-10(14)6-3-1-2-4-8-12-9-5-7-11(15)16/h12H,1-9H2,(H,13,14)(H,15,16). The largest absolute Gasteiger partial charge is 0.481 e. The van der Waals surface area contributed by atoms with Crippen molar-refractivity contribution < 1.29 is 19.8 Å². The Balaban J connectivity index is 2.98. The van der Waals surface area contributed by atoms with Gasteiger partial charge in [0.15, 0.2) is 0 Å². The summed E-state index contributed by atoms with van der Waals surface area (Å²) in [5.74, 6) is -1.48. The van der Waals surface area contributed by atoms with Gasteiger partial charge in [0.1, 0.15) is 0 Å². The molecule has 5 nitrogen and oxygen atoms in total. The Morgan fingerprint density at radius 3 is 1.88 bits per heavy atom. The SMILES string of the molecule is O=C(O)CCCCCCNCCCC(=O)O. The van der Waals surface area contributed by atoms with Crippen molar-refractivity contribution in [2.75, 3.05) is 13.1 Å². The van der Waals surface area contributed by atoms with E-state index in [2.05, 4.69) is 5.32 Å². The summed E-state index contributed by atoms with van der Waals surface area (Å²) in [6.45, 7) is 1.62. The Hall–Kier alpha value is -1.10. The Morgan fingerprint density at radius 1 is 0.750 bits per heavy atom. The van der Waals surface area contributed by atoms with E-state index in [1.807, 2.05) is 0 Å². The van der Waals surface area contributed by atoms with E-state index in [9.17, 15) is 9.59 Å². The lowest BCUT2D eigenvalue weighted by molar-refractivity contribution is -0.138. The van der Waals surface area contributed by atoms with Crippen molar-refractivity contribution in [3.05, 3.63) is 0 Å². The lowest BCUT2D eigenvalue weighted by Gasteiger charge is -2.03. The second-order valence-electron chi connectivity index (χ2n) is 3.81. The van der Waals surface area contributed by atoms with Gasteiger partial charge in [-0.3, -0.25) is 9.59 Å². The second-order valence-corrected chi connectivity index (χ2v) is 3.81. The fraction of sp³-hybridized carbons (Fsp3) is 0.818. The molecule has 0 saturated carbocycles. The molecule has 0 unspecified atom stereocenters. The van der Waals surface area contributed by atoms with Crippen molar-refractivity contribution in [2.45, 2.75) is 44.9 Å². The van der Waals surface area contributed by atoms with Crippen LogP contribution in [-0.4, -0.2) is 35.2 Å². The Bertz CT molecular complexity index is 184. The summed E-state index contributed by atoms with van der Waals surface area (Å²) in [7, 11) is 0. The zero-order valence-corrected chi connectivity index (χ0v) is 9.57. The van der Waals surface area contributed by atoms with Crippen LogP contribution in [0.4, 0.5) is 0 Å². The number of unbranched alkanes of at least 4 members (excludes halogenated alkanes) is 3. The molecule has 0 aliphatic carbocycles. The maximum atomic E-state index is 10.2. The summed E-state index contributed by atoms with van der Waals surface area (Å²) < 4.78 is 0. The van der Waals surface area contributed by atoms with Gasteiger partial charge >= 0.3 is 11.9 Å². The molecule has 16 heavy (non-hydrogen) atoms. The van der Waals surface area contributed by atoms with Crippen LogP contribution in [0.3, 0.4) is 0 Å². The summed E-state index contributed by atoms with van der Waals surface area (Å²) in [4.78, 5) is 20.4. The van der Waals surface area contributed by atoms with Crippen molar-refractivity contribution in [1.82, 2.24) is 5.32 Å². The van der Waals surface area contributed by atoms with Gasteiger partial charge in [-0.15, -0.1) is 0 Å². The molecule has 94 valence electrons. The molecule has 0 aromatic heterocycles. The maximum absolute atomic E-state index is 10.2. The zero-order valence-electron chi connectivity index (χ0n) is 9.57. The average molecular weight is 231 g/mol. The molecular formula is C11H21NO4. The first-order valence-electron chi connectivity index (χ1n) is 5.77. The second kappa shape index (κ2) is 10.4. The van der Waals surface area contributed by atoms with E-state index in [-0.39, 0.29) is 12.8 Å². The molecule has 0 atom stereocenters. The first-order chi connectivity index (χ1) is 7.63. The molecule has 0 aliphatic heterocycles. The van der Waals surface area contributed by atoms with Gasteiger partial charge in [0.25, 0.3) is 0 Å². The number of rotatable bonds is 11. The minimum absolute atomic E-state index is 0.214. The van der Waals surface area contributed by atoms with Crippen molar-refractivity contribution in [3.8, 4) is 0 Å². The molecule has 0 rings (SSSR count). The molecule has 0 aromatic carbocycles. The van der Waals surface area contributed by atoms with Crippen molar-refractivity contribution in [2.24, 2.45) is 0 Å². The van der Waals surface area contributed by atoms with E-state index < -0.39 is 11.9 Å². The van der Waals surface area contributed by atoms with Crippen LogP contribution in [0.25, 0.3) is 0 Å². The van der Waals surface area contributed by atoms with E-state index in [1.165, 1.54) is 0 Å². The molecule has 0 aliphatic rings. The number of carboxylic acid groups (broad SMARTS) is 2. The molecule has 0 spiro atoms. The predicted molar refractivity (Wildman–Crippen MR) is 60.5 cm³/mol. The summed E-state index contributed by atoms with van der Waals surface area (Å²) >= 11 is 0. The lowest BCUT2D eigenvalue weighted by atomic mass is 10.1. The summed E-state index contributed by atoms with van der Waals surface area (Å²) in [5, 5.41) is 19.9. The average Bonchev–Trinajstić information content (AvgIpc) is 2.20. The molecule has 0 bridgehead atoms. The monoisotopic (exact) mass is 231 g/mol. The van der Waals surface area contributed by atoms with Crippen LogP contribution in [0.2, 0.25) is 0 Å². The van der Waals surface area contributed by atoms with Gasteiger partial charge < -0.3 is 15.5 Å². The summed E-state index contributed by atoms with van der Waals surface area (Å²) in [5.41, 5.74) is 0. The van der Waals surface area contributed by atoms with E-state index >= 15 is 0 Å². The number of aliphatic carboxylic acids is 2. The molecule has 0 saturated heterocycles. The van der Waals surface area contributed by atoms with Crippen molar-refractivity contribution in [1.29, 1.82) is 0 Å². The van der Waals surface area contributed by atoms with Gasteiger partial charge in [0.2, 0.25) is 0 Å². The normalized spacial score (nSPS) is 10.2. The van der Waals surface area contributed by atoms with Crippen molar-refractivity contribution >= 4 is 11.9 Å². The van der Waals surface area contributed by atoms with Crippen LogP contribution in [0.5, 0.6) is 0 Å². The first kappa shape index (κ1) is 14.9. The van der Waals surface area contributed by atoms with Gasteiger partial charge in [-0.1, -0.05) is 12.8 Å². The van der Waals surface area contributed by atoms with E-state index in [4.69, 9.17) is 10.2 Å². The smallest absolute Gasteiger partial charge is 0.303 e. The fourth-order valence-electron chi connectivity index (χ4n) is 1.37. The maximum Gasteiger partial charge on any atom is 0.303 e. The highest BCUT2D eigenvalue weighted by molar-refractivity contribution is 5.66. The highest BCUT2D eigenvalue weighted by atomic mass is 16.4. The van der Waals surface area contributed by atoms with Crippen LogP contribution < -0.4 is 5.32 Å². The number of nitrogens with one attached hydrogen (secondary N) is 1. The van der Waals surface area contributed by atoms with E-state index in [1.54, 1.807) is 0 Å². The molecule has 0 fully saturated rings.